The minimum absolute atomic E-state index is 0.291. The number of ether oxygens (including phenoxy) is 1. The van der Waals surface area contributed by atoms with Crippen molar-refractivity contribution in [3.63, 3.8) is 0 Å². The van der Waals surface area contributed by atoms with Gasteiger partial charge in [-0.05, 0) is 36.8 Å². The molecule has 1 atom stereocenters. The summed E-state index contributed by atoms with van der Waals surface area (Å²) in [7, 11) is 0. The second-order valence-electron chi connectivity index (χ2n) is 9.13. The van der Waals surface area contributed by atoms with Crippen molar-refractivity contribution in [2.75, 3.05) is 5.32 Å². The van der Waals surface area contributed by atoms with Gasteiger partial charge in [0.2, 0.25) is 0 Å². The SMILES string of the molecule is CCC(OC(=O)c1ccc2nc(-c3ccccc3)c(-c3ccccc3)nc2c1)C(=O)Nc1nc2ccccc2s1. The molecule has 0 spiro atoms. The molecule has 1 amide bonds. The quantitative estimate of drug-likeness (QED) is 0.215. The molecule has 0 bridgehead atoms. The van der Waals surface area contributed by atoms with Crippen molar-refractivity contribution in [2.45, 2.75) is 19.4 Å². The van der Waals surface area contributed by atoms with Crippen LogP contribution in [0.4, 0.5) is 5.13 Å². The van der Waals surface area contributed by atoms with Crippen LogP contribution in [0.25, 0.3) is 43.8 Å². The van der Waals surface area contributed by atoms with Crippen LogP contribution in [0, 0.1) is 0 Å². The van der Waals surface area contributed by atoms with E-state index < -0.39 is 18.0 Å². The van der Waals surface area contributed by atoms with E-state index in [1.165, 1.54) is 11.3 Å². The maximum atomic E-state index is 13.1. The van der Waals surface area contributed by atoms with Crippen LogP contribution >= 0.6 is 11.3 Å². The average Bonchev–Trinajstić information content (AvgIpc) is 3.42. The highest BCUT2D eigenvalue weighted by molar-refractivity contribution is 7.22. The minimum atomic E-state index is -0.971. The molecule has 40 heavy (non-hydrogen) atoms. The van der Waals surface area contributed by atoms with Crippen molar-refractivity contribution in [2.24, 2.45) is 0 Å². The molecule has 0 saturated carbocycles. The Balaban J connectivity index is 1.27. The second-order valence-corrected chi connectivity index (χ2v) is 10.2. The van der Waals surface area contributed by atoms with E-state index in [1.54, 1.807) is 25.1 Å². The summed E-state index contributed by atoms with van der Waals surface area (Å²) in [6, 6.07) is 32.4. The first-order valence-corrected chi connectivity index (χ1v) is 13.7. The molecule has 6 rings (SSSR count). The maximum Gasteiger partial charge on any atom is 0.338 e. The van der Waals surface area contributed by atoms with Gasteiger partial charge in [0.25, 0.3) is 5.91 Å². The normalized spacial score (nSPS) is 11.8. The Labute approximate surface area is 234 Å². The van der Waals surface area contributed by atoms with E-state index in [4.69, 9.17) is 14.7 Å². The highest BCUT2D eigenvalue weighted by Gasteiger charge is 2.24. The van der Waals surface area contributed by atoms with E-state index in [2.05, 4.69) is 10.3 Å². The lowest BCUT2D eigenvalue weighted by molar-refractivity contribution is -0.124. The fourth-order valence-corrected chi connectivity index (χ4v) is 5.28. The van der Waals surface area contributed by atoms with Gasteiger partial charge in [-0.3, -0.25) is 10.1 Å². The predicted molar refractivity (Wildman–Crippen MR) is 158 cm³/mol. The molecule has 7 nitrogen and oxygen atoms in total. The largest absolute Gasteiger partial charge is 0.449 e. The number of carbonyl (C=O) groups is 2. The van der Waals surface area contributed by atoms with Crippen molar-refractivity contribution in [3.8, 4) is 22.5 Å². The Morgan fingerprint density at radius 3 is 2.02 bits per heavy atom. The second kappa shape index (κ2) is 11.0. The molecule has 6 aromatic rings. The Morgan fingerprint density at radius 1 is 0.750 bits per heavy atom. The molecule has 8 heteroatoms. The van der Waals surface area contributed by atoms with Gasteiger partial charge >= 0.3 is 5.97 Å². The molecule has 1 N–H and O–H groups in total. The number of hydrogen-bond donors (Lipinski definition) is 1. The minimum Gasteiger partial charge on any atom is -0.449 e. The van der Waals surface area contributed by atoms with Crippen molar-refractivity contribution >= 4 is 49.6 Å². The van der Waals surface area contributed by atoms with Crippen molar-refractivity contribution in [3.05, 3.63) is 109 Å². The Morgan fingerprint density at radius 2 is 1.38 bits per heavy atom. The lowest BCUT2D eigenvalue weighted by Gasteiger charge is -2.15. The monoisotopic (exact) mass is 544 g/mol. The lowest BCUT2D eigenvalue weighted by atomic mass is 10.0. The number of aromatic nitrogens is 3. The summed E-state index contributed by atoms with van der Waals surface area (Å²) >= 11 is 1.37. The number of fused-ring (bicyclic) bond motifs is 2. The van der Waals surface area contributed by atoms with Gasteiger partial charge in [-0.1, -0.05) is 91.1 Å². The van der Waals surface area contributed by atoms with Crippen LogP contribution in [0.5, 0.6) is 0 Å². The zero-order valence-corrected chi connectivity index (χ0v) is 22.4. The van der Waals surface area contributed by atoms with Crippen LogP contribution < -0.4 is 5.32 Å². The Bertz CT molecular complexity index is 1800. The fourth-order valence-electron chi connectivity index (χ4n) is 4.41. The molecular formula is C32H24N4O3S. The van der Waals surface area contributed by atoms with Gasteiger partial charge in [-0.2, -0.15) is 0 Å². The third-order valence-electron chi connectivity index (χ3n) is 6.43. The number of anilines is 1. The van der Waals surface area contributed by atoms with Crippen LogP contribution in [-0.4, -0.2) is 32.9 Å². The third-order valence-corrected chi connectivity index (χ3v) is 7.38. The summed E-state index contributed by atoms with van der Waals surface area (Å²) in [4.78, 5) is 40.3. The highest BCUT2D eigenvalue weighted by Crippen LogP contribution is 2.31. The molecule has 1 unspecified atom stereocenters. The summed E-state index contributed by atoms with van der Waals surface area (Å²) in [5, 5.41) is 3.25. The number of nitrogens with zero attached hydrogens (tertiary/aromatic N) is 3. The summed E-state index contributed by atoms with van der Waals surface area (Å²) in [5.74, 6) is -1.03. The van der Waals surface area contributed by atoms with Gasteiger partial charge in [0.1, 0.15) is 0 Å². The van der Waals surface area contributed by atoms with Gasteiger partial charge in [0, 0.05) is 11.1 Å². The summed E-state index contributed by atoms with van der Waals surface area (Å²) < 4.78 is 6.59. The summed E-state index contributed by atoms with van der Waals surface area (Å²) in [5.41, 5.74) is 5.63. The molecule has 4 aromatic carbocycles. The van der Waals surface area contributed by atoms with E-state index in [1.807, 2.05) is 84.9 Å². The predicted octanol–water partition coefficient (Wildman–Crippen LogP) is 7.15. The summed E-state index contributed by atoms with van der Waals surface area (Å²) in [6.07, 6.45) is -0.657. The Kier molecular flexibility index (Phi) is 6.99. The van der Waals surface area contributed by atoms with E-state index in [0.29, 0.717) is 33.8 Å². The topological polar surface area (TPSA) is 94.1 Å². The van der Waals surface area contributed by atoms with Gasteiger partial charge in [0.05, 0.1) is 38.2 Å². The van der Waals surface area contributed by atoms with Crippen LogP contribution in [-0.2, 0) is 9.53 Å². The standard InChI is InChI=1S/C32H24N4O3S/c1-2-26(30(37)36-32-35-24-15-9-10-16-27(24)40-32)39-31(38)22-17-18-23-25(19-22)34-29(21-13-7-4-8-14-21)28(33-23)20-11-5-3-6-12-20/h3-19,26H,2H2,1H3,(H,35,36,37). The van der Waals surface area contributed by atoms with E-state index in [9.17, 15) is 9.59 Å². The van der Waals surface area contributed by atoms with Gasteiger partial charge in [-0.25, -0.2) is 19.7 Å². The van der Waals surface area contributed by atoms with Crippen molar-refractivity contribution in [1.29, 1.82) is 0 Å². The molecule has 196 valence electrons. The molecule has 0 aliphatic carbocycles. The molecule has 0 aliphatic rings. The number of rotatable bonds is 7. The number of esters is 1. The number of nitrogens with one attached hydrogen (secondary N) is 1. The highest BCUT2D eigenvalue weighted by atomic mass is 32.1. The van der Waals surface area contributed by atoms with Crippen molar-refractivity contribution < 1.29 is 14.3 Å². The van der Waals surface area contributed by atoms with Crippen LogP contribution in [0.1, 0.15) is 23.7 Å². The smallest absolute Gasteiger partial charge is 0.338 e. The summed E-state index contributed by atoms with van der Waals surface area (Å²) in [6.45, 7) is 1.79. The molecule has 0 fully saturated rings. The number of hydrogen-bond acceptors (Lipinski definition) is 7. The number of amides is 1. The average molecular weight is 545 g/mol. The molecule has 2 heterocycles. The number of thiazole rings is 1. The molecular weight excluding hydrogens is 520 g/mol. The van der Waals surface area contributed by atoms with Crippen LogP contribution in [0.2, 0.25) is 0 Å². The first-order valence-electron chi connectivity index (χ1n) is 12.9. The first-order chi connectivity index (χ1) is 19.6. The number of carbonyl (C=O) groups excluding carboxylic acids is 2. The van der Waals surface area contributed by atoms with E-state index in [-0.39, 0.29) is 0 Å². The van der Waals surface area contributed by atoms with Gasteiger partial charge in [-0.15, -0.1) is 0 Å². The molecule has 2 aromatic heterocycles. The molecule has 0 saturated heterocycles. The van der Waals surface area contributed by atoms with Gasteiger partial charge < -0.3 is 4.74 Å². The number of benzene rings is 4. The zero-order valence-electron chi connectivity index (χ0n) is 21.6. The van der Waals surface area contributed by atoms with Gasteiger partial charge in [0.15, 0.2) is 11.2 Å². The number of para-hydroxylation sites is 1. The third kappa shape index (κ3) is 5.17. The van der Waals surface area contributed by atoms with E-state index in [0.717, 1.165) is 27.0 Å². The van der Waals surface area contributed by atoms with Crippen LogP contribution in [0.15, 0.2) is 103 Å². The van der Waals surface area contributed by atoms with Crippen molar-refractivity contribution in [1.82, 2.24) is 15.0 Å². The molecule has 0 radical (unpaired) electrons. The zero-order chi connectivity index (χ0) is 27.5. The first kappa shape index (κ1) is 25.3. The Hall–Kier alpha value is -4.95. The van der Waals surface area contributed by atoms with Crippen LogP contribution in [0.3, 0.4) is 0 Å². The maximum absolute atomic E-state index is 13.1. The fraction of sp³-hybridized carbons (Fsp3) is 0.0938. The lowest BCUT2D eigenvalue weighted by Crippen LogP contribution is -2.32. The molecule has 0 aliphatic heterocycles. The van der Waals surface area contributed by atoms with E-state index >= 15 is 0 Å².